The van der Waals surface area contributed by atoms with Crippen LogP contribution in [-0.4, -0.2) is 21.6 Å². The summed E-state index contributed by atoms with van der Waals surface area (Å²) in [6.45, 7) is 0. The molecule has 0 saturated heterocycles. The Kier molecular flexibility index (Phi) is 3.82. The van der Waals surface area contributed by atoms with Gasteiger partial charge < -0.3 is 0 Å². The van der Waals surface area contributed by atoms with Crippen LogP contribution in [0, 0.1) is 23.2 Å². The van der Waals surface area contributed by atoms with Crippen molar-refractivity contribution in [2.45, 2.75) is 38.5 Å². The maximum Gasteiger partial charge on any atom is 0.290 e. The quantitative estimate of drug-likeness (QED) is 0.779. The Morgan fingerprint density at radius 2 is 1.57 bits per heavy atom. The molecule has 7 heteroatoms. The fourth-order valence-electron chi connectivity index (χ4n) is 6.16. The van der Waals surface area contributed by atoms with E-state index in [-0.39, 0.29) is 22.6 Å². The summed E-state index contributed by atoms with van der Waals surface area (Å²) in [7, 11) is 1.51. The number of aromatic nitrogens is 2. The van der Waals surface area contributed by atoms with E-state index in [1.54, 1.807) is 24.3 Å². The van der Waals surface area contributed by atoms with Gasteiger partial charge in [-0.3, -0.25) is 25.2 Å². The lowest BCUT2D eigenvalue weighted by molar-refractivity contribution is -0.147. The molecule has 1 aromatic heterocycles. The molecule has 0 aliphatic heterocycles. The van der Waals surface area contributed by atoms with Crippen LogP contribution in [0.3, 0.4) is 0 Å². The van der Waals surface area contributed by atoms with Crippen molar-refractivity contribution in [3.8, 4) is 0 Å². The minimum Gasteiger partial charge on any atom is -0.273 e. The van der Waals surface area contributed by atoms with Crippen molar-refractivity contribution in [2.75, 3.05) is 0 Å². The molecule has 0 atom stereocenters. The lowest BCUT2D eigenvalue weighted by Crippen LogP contribution is -2.56. The number of hydrogen-bond acceptors (Lipinski definition) is 4. The maximum absolute atomic E-state index is 13.0. The number of nitrogens with one attached hydrogen (secondary N) is 2. The molecule has 2 N–H and O–H groups in total. The highest BCUT2D eigenvalue weighted by atomic mass is 16.2. The van der Waals surface area contributed by atoms with E-state index in [0.717, 1.165) is 23.9 Å². The molecule has 28 heavy (non-hydrogen) atoms. The molecule has 4 fully saturated rings. The van der Waals surface area contributed by atoms with E-state index < -0.39 is 5.91 Å². The first kappa shape index (κ1) is 17.4. The first-order valence-electron chi connectivity index (χ1n) is 10.0. The van der Waals surface area contributed by atoms with E-state index >= 15 is 0 Å². The van der Waals surface area contributed by atoms with Gasteiger partial charge in [-0.15, -0.1) is 0 Å². The molecule has 7 nitrogen and oxygen atoms in total. The number of hydrazine groups is 1. The van der Waals surface area contributed by atoms with Crippen molar-refractivity contribution in [2.24, 2.45) is 30.2 Å². The van der Waals surface area contributed by atoms with Crippen LogP contribution in [0.1, 0.15) is 49.0 Å². The second kappa shape index (κ2) is 6.15. The summed E-state index contributed by atoms with van der Waals surface area (Å²) in [5.41, 5.74) is 4.75. The summed E-state index contributed by atoms with van der Waals surface area (Å²) in [5, 5.41) is 5.02. The van der Waals surface area contributed by atoms with E-state index in [4.69, 9.17) is 0 Å². The molecule has 0 spiro atoms. The van der Waals surface area contributed by atoms with Crippen molar-refractivity contribution in [1.29, 1.82) is 0 Å². The number of benzene rings is 1. The highest BCUT2D eigenvalue weighted by Crippen LogP contribution is 2.60. The van der Waals surface area contributed by atoms with Crippen LogP contribution in [0.2, 0.25) is 0 Å². The highest BCUT2D eigenvalue weighted by Gasteiger charge is 2.54. The summed E-state index contributed by atoms with van der Waals surface area (Å²) in [4.78, 5) is 38.0. The van der Waals surface area contributed by atoms with Crippen molar-refractivity contribution in [1.82, 2.24) is 20.6 Å². The second-order valence-electron chi connectivity index (χ2n) is 8.93. The van der Waals surface area contributed by atoms with Crippen molar-refractivity contribution in [3.63, 3.8) is 0 Å². The summed E-state index contributed by atoms with van der Waals surface area (Å²) in [6, 6.07) is 6.87. The topological polar surface area (TPSA) is 93.1 Å². The lowest BCUT2D eigenvalue weighted by atomic mass is 9.49. The van der Waals surface area contributed by atoms with Gasteiger partial charge in [0.1, 0.15) is 0 Å². The predicted octanol–water partition coefficient (Wildman–Crippen LogP) is 1.91. The molecule has 1 heterocycles. The van der Waals surface area contributed by atoms with Crippen LogP contribution in [-0.2, 0) is 11.8 Å². The fourth-order valence-corrected chi connectivity index (χ4v) is 6.16. The van der Waals surface area contributed by atoms with Gasteiger partial charge in [0.25, 0.3) is 11.5 Å². The van der Waals surface area contributed by atoms with Gasteiger partial charge in [0.05, 0.1) is 10.8 Å². The van der Waals surface area contributed by atoms with Crippen LogP contribution >= 0.6 is 0 Å². The Morgan fingerprint density at radius 1 is 1.00 bits per heavy atom. The Hall–Kier alpha value is -2.70. The Bertz CT molecular complexity index is 1010. The molecule has 4 bridgehead atoms. The molecular weight excluding hydrogens is 356 g/mol. The van der Waals surface area contributed by atoms with Gasteiger partial charge >= 0.3 is 0 Å². The molecular formula is C21H24N4O3. The molecule has 4 saturated carbocycles. The summed E-state index contributed by atoms with van der Waals surface area (Å²) >= 11 is 0. The number of aryl methyl sites for hydroxylation is 1. The fraction of sp³-hybridized carbons (Fsp3) is 0.524. The molecule has 1 aromatic carbocycles. The van der Waals surface area contributed by atoms with E-state index in [1.807, 2.05) is 0 Å². The molecule has 0 unspecified atom stereocenters. The number of rotatable bonds is 2. The third-order valence-electron chi connectivity index (χ3n) is 6.98. The van der Waals surface area contributed by atoms with Gasteiger partial charge in [-0.05, 0) is 62.3 Å². The molecule has 4 aliphatic rings. The van der Waals surface area contributed by atoms with Crippen molar-refractivity contribution < 1.29 is 9.59 Å². The zero-order chi connectivity index (χ0) is 19.5. The Morgan fingerprint density at radius 3 is 2.18 bits per heavy atom. The molecule has 2 aromatic rings. The molecule has 6 rings (SSSR count). The van der Waals surface area contributed by atoms with Gasteiger partial charge in [-0.25, -0.2) is 4.68 Å². The molecule has 2 amide bonds. The van der Waals surface area contributed by atoms with E-state index in [9.17, 15) is 14.4 Å². The predicted molar refractivity (Wildman–Crippen MR) is 103 cm³/mol. The summed E-state index contributed by atoms with van der Waals surface area (Å²) < 4.78 is 1.15. The minimum absolute atomic E-state index is 0.0749. The van der Waals surface area contributed by atoms with E-state index in [0.29, 0.717) is 28.5 Å². The molecule has 0 radical (unpaired) electrons. The van der Waals surface area contributed by atoms with Gasteiger partial charge in [-0.2, -0.15) is 5.10 Å². The Balaban J connectivity index is 1.36. The minimum atomic E-state index is -0.509. The van der Waals surface area contributed by atoms with Gasteiger partial charge in [0, 0.05) is 12.4 Å². The van der Waals surface area contributed by atoms with E-state index in [2.05, 4.69) is 16.0 Å². The van der Waals surface area contributed by atoms with Crippen molar-refractivity contribution in [3.05, 3.63) is 40.3 Å². The zero-order valence-electron chi connectivity index (χ0n) is 15.9. The molecule has 4 aliphatic carbocycles. The highest BCUT2D eigenvalue weighted by molar-refractivity contribution is 6.05. The zero-order valence-corrected chi connectivity index (χ0v) is 15.9. The van der Waals surface area contributed by atoms with Gasteiger partial charge in [0.2, 0.25) is 5.91 Å². The number of nitrogens with zero attached hydrogens (tertiary/aromatic N) is 2. The van der Waals surface area contributed by atoms with Crippen LogP contribution in [0.15, 0.2) is 29.1 Å². The normalized spacial score (nSPS) is 30.4. The average molecular weight is 380 g/mol. The largest absolute Gasteiger partial charge is 0.290 e. The summed E-state index contributed by atoms with van der Waals surface area (Å²) in [6.07, 6.45) is 6.57. The number of amides is 2. The van der Waals surface area contributed by atoms with Crippen LogP contribution in [0.4, 0.5) is 0 Å². The van der Waals surface area contributed by atoms with Crippen LogP contribution < -0.4 is 16.4 Å². The monoisotopic (exact) mass is 380 g/mol. The number of carbonyl (C=O) groups excluding carboxylic acids is 2. The van der Waals surface area contributed by atoms with Gasteiger partial charge in [-0.1, -0.05) is 18.2 Å². The third-order valence-corrected chi connectivity index (χ3v) is 6.98. The second-order valence-corrected chi connectivity index (χ2v) is 8.93. The lowest BCUT2D eigenvalue weighted by Gasteiger charge is -2.55. The standard InChI is InChI=1S/C21H24N4O3/c1-25-19(27)16-5-3-2-4-15(16)17(24-25)18(26)22-23-20(28)21-9-12-6-13(10-21)8-14(7-12)11-21/h2-5,12-14H,6-11H2,1H3,(H,22,26)(H,23,28). The Labute approximate surface area is 162 Å². The average Bonchev–Trinajstić information content (AvgIpc) is 2.67. The summed E-state index contributed by atoms with van der Waals surface area (Å²) in [5.74, 6) is 1.38. The number of fused-ring (bicyclic) bond motifs is 1. The molecule has 146 valence electrons. The smallest absolute Gasteiger partial charge is 0.273 e. The van der Waals surface area contributed by atoms with Crippen LogP contribution in [0.25, 0.3) is 10.8 Å². The van der Waals surface area contributed by atoms with Crippen molar-refractivity contribution >= 4 is 22.6 Å². The van der Waals surface area contributed by atoms with Gasteiger partial charge in [0.15, 0.2) is 5.69 Å². The van der Waals surface area contributed by atoms with E-state index in [1.165, 1.54) is 26.3 Å². The first-order valence-corrected chi connectivity index (χ1v) is 10.0. The SMILES string of the molecule is Cn1nc(C(=O)NNC(=O)C23CC4CC(CC(C4)C2)C3)c2ccccc2c1=O. The third kappa shape index (κ3) is 2.64. The maximum atomic E-state index is 13.0. The first-order chi connectivity index (χ1) is 13.4. The van der Waals surface area contributed by atoms with Crippen LogP contribution in [0.5, 0.6) is 0 Å². The number of hydrogen-bond donors (Lipinski definition) is 2. The number of carbonyl (C=O) groups is 2.